The molecule has 6 nitrogen and oxygen atoms in total. The van der Waals surface area contributed by atoms with Crippen molar-refractivity contribution in [3.05, 3.63) is 71.1 Å². The van der Waals surface area contributed by atoms with Crippen molar-refractivity contribution in [2.75, 3.05) is 13.2 Å². The van der Waals surface area contributed by atoms with Crippen molar-refractivity contribution in [1.29, 1.82) is 0 Å². The molecule has 0 radical (unpaired) electrons. The Morgan fingerprint density at radius 1 is 1.30 bits per heavy atom. The van der Waals surface area contributed by atoms with Crippen LogP contribution < -0.4 is 0 Å². The summed E-state index contributed by atoms with van der Waals surface area (Å²) in [5.74, 6) is -2.40. The minimum absolute atomic E-state index is 0.00437. The highest BCUT2D eigenvalue weighted by molar-refractivity contribution is 6.15. The van der Waals surface area contributed by atoms with E-state index in [0.717, 1.165) is 12.8 Å². The van der Waals surface area contributed by atoms with Crippen LogP contribution in [0.15, 0.2) is 58.4 Å². The number of rotatable bonds is 5. The van der Waals surface area contributed by atoms with Gasteiger partial charge in [-0.05, 0) is 42.7 Å². The number of hydrogen-bond donors (Lipinski definition) is 1. The Bertz CT molecular complexity index is 899. The zero-order valence-corrected chi connectivity index (χ0v) is 14.4. The predicted octanol–water partition coefficient (Wildman–Crippen LogP) is 3.18. The molecule has 0 aliphatic carbocycles. The van der Waals surface area contributed by atoms with E-state index in [0.29, 0.717) is 12.2 Å². The van der Waals surface area contributed by atoms with Gasteiger partial charge in [-0.15, -0.1) is 0 Å². The maximum absolute atomic E-state index is 13.8. The van der Waals surface area contributed by atoms with Crippen molar-refractivity contribution >= 4 is 11.7 Å². The molecule has 0 bridgehead atoms. The lowest BCUT2D eigenvalue weighted by molar-refractivity contribution is -0.131. The molecule has 4 rings (SSSR count). The van der Waals surface area contributed by atoms with Crippen LogP contribution in [0.4, 0.5) is 4.39 Å². The average molecular weight is 371 g/mol. The maximum atomic E-state index is 13.8. The molecule has 27 heavy (non-hydrogen) atoms. The number of furan rings is 1. The molecule has 3 heterocycles. The third-order valence-corrected chi connectivity index (χ3v) is 4.88. The highest BCUT2D eigenvalue weighted by Crippen LogP contribution is 2.39. The third kappa shape index (κ3) is 3.14. The normalized spacial score (nSPS) is 22.7. The Hall–Kier alpha value is -2.93. The lowest BCUT2D eigenvalue weighted by Crippen LogP contribution is -2.37. The summed E-state index contributed by atoms with van der Waals surface area (Å²) in [4.78, 5) is 27.0. The van der Waals surface area contributed by atoms with Gasteiger partial charge in [0.05, 0.1) is 24.0 Å². The summed E-state index contributed by atoms with van der Waals surface area (Å²) in [6.07, 6.45) is 2.82. The summed E-state index contributed by atoms with van der Waals surface area (Å²) >= 11 is 0. The number of carbonyl (C=O) groups is 2. The number of amides is 1. The average Bonchev–Trinajstić information content (AvgIpc) is 3.40. The van der Waals surface area contributed by atoms with Crippen molar-refractivity contribution in [2.45, 2.75) is 25.0 Å². The first kappa shape index (κ1) is 17.5. The molecule has 0 saturated carbocycles. The van der Waals surface area contributed by atoms with Crippen molar-refractivity contribution in [2.24, 2.45) is 0 Å². The molecule has 1 amide bonds. The van der Waals surface area contributed by atoms with Crippen LogP contribution in [0.3, 0.4) is 0 Å². The maximum Gasteiger partial charge on any atom is 0.290 e. The van der Waals surface area contributed by atoms with Gasteiger partial charge in [0.1, 0.15) is 5.82 Å². The van der Waals surface area contributed by atoms with Crippen LogP contribution in [0.25, 0.3) is 0 Å². The van der Waals surface area contributed by atoms with Crippen molar-refractivity contribution in [3.63, 3.8) is 0 Å². The van der Waals surface area contributed by atoms with Gasteiger partial charge in [-0.25, -0.2) is 4.39 Å². The smallest absolute Gasteiger partial charge is 0.290 e. The van der Waals surface area contributed by atoms with Crippen molar-refractivity contribution in [1.82, 2.24) is 4.90 Å². The standard InChI is InChI=1S/C20H18FNO5/c21-13-5-1-4-12(10-13)17-16(18(23)15-7-3-9-27-15)19(24)20(25)22(17)11-14-6-2-8-26-14/h1,3-5,7,9-10,14,17,24H,2,6,8,11H2. The number of benzene rings is 1. The van der Waals surface area contributed by atoms with Crippen LogP contribution in [0.2, 0.25) is 0 Å². The molecule has 7 heteroatoms. The van der Waals surface area contributed by atoms with E-state index >= 15 is 0 Å². The number of nitrogens with zero attached hydrogens (tertiary/aromatic N) is 1. The van der Waals surface area contributed by atoms with E-state index in [9.17, 15) is 19.1 Å². The number of carbonyl (C=O) groups excluding carboxylic acids is 2. The zero-order chi connectivity index (χ0) is 19.0. The van der Waals surface area contributed by atoms with E-state index in [1.165, 1.54) is 35.4 Å². The minimum Gasteiger partial charge on any atom is -0.503 e. The van der Waals surface area contributed by atoms with Gasteiger partial charge in [-0.2, -0.15) is 0 Å². The second-order valence-electron chi connectivity index (χ2n) is 6.62. The molecule has 2 aromatic rings. The molecule has 1 saturated heterocycles. The molecule has 140 valence electrons. The van der Waals surface area contributed by atoms with Crippen molar-refractivity contribution in [3.8, 4) is 0 Å². The molecular weight excluding hydrogens is 353 g/mol. The first-order valence-electron chi connectivity index (χ1n) is 8.75. The van der Waals surface area contributed by atoms with Crippen molar-refractivity contribution < 1.29 is 28.2 Å². The predicted molar refractivity (Wildman–Crippen MR) is 92.5 cm³/mol. The largest absolute Gasteiger partial charge is 0.503 e. The first-order valence-corrected chi connectivity index (χ1v) is 8.75. The Labute approximate surface area is 154 Å². The zero-order valence-electron chi connectivity index (χ0n) is 14.4. The van der Waals surface area contributed by atoms with Crippen LogP contribution in [0.5, 0.6) is 0 Å². The fourth-order valence-corrected chi connectivity index (χ4v) is 3.65. The molecule has 0 spiro atoms. The highest BCUT2D eigenvalue weighted by Gasteiger charge is 2.45. The van der Waals surface area contributed by atoms with E-state index < -0.39 is 29.3 Å². The number of aliphatic hydroxyl groups excluding tert-OH is 1. The number of aliphatic hydroxyl groups is 1. The summed E-state index contributed by atoms with van der Waals surface area (Å²) in [5, 5.41) is 10.5. The Kier molecular flexibility index (Phi) is 4.53. The minimum atomic E-state index is -0.907. The Balaban J connectivity index is 1.76. The van der Waals surface area contributed by atoms with Gasteiger partial charge in [0.15, 0.2) is 11.5 Å². The van der Waals surface area contributed by atoms with E-state index in [1.54, 1.807) is 12.1 Å². The van der Waals surface area contributed by atoms with Crippen LogP contribution in [-0.4, -0.2) is 41.0 Å². The van der Waals surface area contributed by atoms with Gasteiger partial charge in [-0.1, -0.05) is 12.1 Å². The molecule has 2 unspecified atom stereocenters. The topological polar surface area (TPSA) is 80.0 Å². The first-order chi connectivity index (χ1) is 13.1. The fourth-order valence-electron chi connectivity index (χ4n) is 3.65. The van der Waals surface area contributed by atoms with Gasteiger partial charge in [0.2, 0.25) is 5.78 Å². The van der Waals surface area contributed by atoms with Gasteiger partial charge in [-0.3, -0.25) is 9.59 Å². The number of hydrogen-bond acceptors (Lipinski definition) is 5. The van der Waals surface area contributed by atoms with Gasteiger partial charge >= 0.3 is 0 Å². The number of ether oxygens (including phenoxy) is 1. The monoisotopic (exact) mass is 371 g/mol. The van der Waals surface area contributed by atoms with Crippen LogP contribution in [0, 0.1) is 5.82 Å². The Morgan fingerprint density at radius 3 is 2.81 bits per heavy atom. The highest BCUT2D eigenvalue weighted by atomic mass is 19.1. The lowest BCUT2D eigenvalue weighted by atomic mass is 9.95. The second-order valence-corrected chi connectivity index (χ2v) is 6.62. The number of Topliss-reactive ketones (excluding diaryl/α,β-unsaturated/α-hetero) is 1. The summed E-state index contributed by atoms with van der Waals surface area (Å²) in [5.41, 5.74) is 0.291. The molecule has 2 aliphatic rings. The molecule has 2 atom stereocenters. The van der Waals surface area contributed by atoms with Gasteiger partial charge < -0.3 is 19.2 Å². The SMILES string of the molecule is O=C(C1=C(O)C(=O)N(CC2CCCO2)C1c1cccc(F)c1)c1ccco1. The van der Waals surface area contributed by atoms with E-state index in [4.69, 9.17) is 9.15 Å². The van der Waals surface area contributed by atoms with E-state index in [2.05, 4.69) is 0 Å². The molecule has 1 aromatic heterocycles. The molecule has 1 N–H and O–H groups in total. The summed E-state index contributed by atoms with van der Waals surface area (Å²) in [6, 6.07) is 7.76. The summed E-state index contributed by atoms with van der Waals surface area (Å²) in [6.45, 7) is 0.813. The molecule has 1 aromatic carbocycles. The fraction of sp³-hybridized carbons (Fsp3) is 0.300. The van der Waals surface area contributed by atoms with Crippen LogP contribution in [-0.2, 0) is 9.53 Å². The lowest BCUT2D eigenvalue weighted by Gasteiger charge is -2.28. The van der Waals surface area contributed by atoms with Crippen LogP contribution in [0.1, 0.15) is 35.0 Å². The second kappa shape index (κ2) is 7.00. The van der Waals surface area contributed by atoms with E-state index in [-0.39, 0.29) is 24.0 Å². The molecular formula is C20H18FNO5. The number of ketones is 1. The summed E-state index contributed by atoms with van der Waals surface area (Å²) < 4.78 is 24.6. The van der Waals surface area contributed by atoms with E-state index in [1.807, 2.05) is 0 Å². The quantitative estimate of drug-likeness (QED) is 0.817. The summed E-state index contributed by atoms with van der Waals surface area (Å²) in [7, 11) is 0. The van der Waals surface area contributed by atoms with Crippen LogP contribution >= 0.6 is 0 Å². The third-order valence-electron chi connectivity index (χ3n) is 4.88. The number of halogens is 1. The Morgan fingerprint density at radius 2 is 2.15 bits per heavy atom. The van der Waals surface area contributed by atoms with Gasteiger partial charge in [0, 0.05) is 13.2 Å². The molecule has 1 fully saturated rings. The molecule has 2 aliphatic heterocycles. The van der Waals surface area contributed by atoms with Gasteiger partial charge in [0.25, 0.3) is 5.91 Å².